The van der Waals surface area contributed by atoms with Crippen molar-refractivity contribution in [2.24, 2.45) is 5.73 Å². The van der Waals surface area contributed by atoms with Crippen molar-refractivity contribution in [1.29, 1.82) is 0 Å². The van der Waals surface area contributed by atoms with E-state index in [1.165, 1.54) is 6.08 Å². The van der Waals surface area contributed by atoms with Gasteiger partial charge in [-0.15, -0.1) is 12.4 Å². The molecule has 3 N–H and O–H groups in total. The molecule has 0 saturated heterocycles. The summed E-state index contributed by atoms with van der Waals surface area (Å²) in [6, 6.07) is 15.4. The van der Waals surface area contributed by atoms with Gasteiger partial charge in [-0.2, -0.15) is 0 Å². The molecule has 0 fully saturated rings. The number of alkyl carbamates (subject to hydrolysis) is 1. The lowest BCUT2D eigenvalue weighted by molar-refractivity contribution is -0.145. The van der Waals surface area contributed by atoms with Crippen LogP contribution in [-0.2, 0) is 14.3 Å². The van der Waals surface area contributed by atoms with Crippen molar-refractivity contribution in [1.82, 2.24) is 5.32 Å². The van der Waals surface area contributed by atoms with Crippen LogP contribution in [0.5, 0.6) is 0 Å². The lowest BCUT2D eigenvalue weighted by atomic mass is 9.98. The quantitative estimate of drug-likeness (QED) is 0.466. The Bertz CT molecular complexity index is 842. The van der Waals surface area contributed by atoms with Gasteiger partial charge >= 0.3 is 12.1 Å². The first-order chi connectivity index (χ1) is 14.2. The Hall–Kier alpha value is -2.83. The number of amides is 1. The van der Waals surface area contributed by atoms with Crippen LogP contribution in [0, 0.1) is 0 Å². The highest BCUT2D eigenvalue weighted by Gasteiger charge is 2.29. The molecular formula is C23H27ClN2O4. The van der Waals surface area contributed by atoms with Crippen LogP contribution in [0.2, 0.25) is 0 Å². The van der Waals surface area contributed by atoms with Gasteiger partial charge in [-0.05, 0) is 41.6 Å². The second kappa shape index (κ2) is 11.4. The maximum Gasteiger partial charge on any atom is 0.407 e. The molecular weight excluding hydrogens is 404 g/mol. The van der Waals surface area contributed by atoms with Gasteiger partial charge in [0.25, 0.3) is 0 Å². The molecule has 30 heavy (non-hydrogen) atoms. The molecule has 160 valence electrons. The average molecular weight is 431 g/mol. The van der Waals surface area contributed by atoms with E-state index in [1.54, 1.807) is 0 Å². The molecule has 2 aromatic carbocycles. The van der Waals surface area contributed by atoms with Gasteiger partial charge in [-0.1, -0.05) is 61.2 Å². The van der Waals surface area contributed by atoms with E-state index in [1.807, 2.05) is 24.3 Å². The number of carbonyl (C=O) groups is 2. The van der Waals surface area contributed by atoms with Gasteiger partial charge in [0.1, 0.15) is 19.3 Å². The maximum absolute atomic E-state index is 12.4. The standard InChI is InChI=1S/C23H26N2O4.ClH/c1-2-14-28-22(26)21(12-7-13-24)25-23(27)29-15-20-18-10-5-3-8-16(18)17-9-4-6-11-19(17)20;/h2-6,8-11,20-21H,1,7,12-15,24H2,(H,25,27);1H/t21-;/m1./s1. The largest absolute Gasteiger partial charge is 0.460 e. The number of benzene rings is 2. The van der Waals surface area contributed by atoms with Crippen molar-refractivity contribution in [3.8, 4) is 11.1 Å². The fraction of sp³-hybridized carbons (Fsp3) is 0.304. The van der Waals surface area contributed by atoms with Crippen molar-refractivity contribution >= 4 is 24.5 Å². The number of rotatable bonds is 9. The molecule has 1 atom stereocenters. The fourth-order valence-corrected chi connectivity index (χ4v) is 3.59. The van der Waals surface area contributed by atoms with Crippen molar-refractivity contribution in [2.75, 3.05) is 19.8 Å². The molecule has 1 aliphatic carbocycles. The van der Waals surface area contributed by atoms with Crippen LogP contribution in [0.25, 0.3) is 11.1 Å². The minimum atomic E-state index is -0.797. The Morgan fingerprint density at radius 1 is 1.07 bits per heavy atom. The predicted molar refractivity (Wildman–Crippen MR) is 119 cm³/mol. The van der Waals surface area contributed by atoms with Gasteiger partial charge in [-0.3, -0.25) is 0 Å². The third-order valence-corrected chi connectivity index (χ3v) is 4.96. The van der Waals surface area contributed by atoms with E-state index in [4.69, 9.17) is 15.2 Å². The number of esters is 1. The normalized spacial score (nSPS) is 12.7. The van der Waals surface area contributed by atoms with Gasteiger partial charge in [0.2, 0.25) is 0 Å². The highest BCUT2D eigenvalue weighted by Crippen LogP contribution is 2.44. The molecule has 0 aliphatic heterocycles. The van der Waals surface area contributed by atoms with Gasteiger partial charge in [-0.25, -0.2) is 9.59 Å². The summed E-state index contributed by atoms with van der Waals surface area (Å²) in [4.78, 5) is 24.5. The van der Waals surface area contributed by atoms with E-state index in [0.717, 1.165) is 22.3 Å². The van der Waals surface area contributed by atoms with Crippen LogP contribution in [-0.4, -0.2) is 37.9 Å². The number of hydrogen-bond acceptors (Lipinski definition) is 5. The number of ether oxygens (including phenoxy) is 2. The lowest BCUT2D eigenvalue weighted by Crippen LogP contribution is -2.42. The summed E-state index contributed by atoms with van der Waals surface area (Å²) < 4.78 is 10.5. The van der Waals surface area contributed by atoms with Gasteiger partial charge in [0, 0.05) is 5.92 Å². The molecule has 0 aromatic heterocycles. The molecule has 0 saturated carbocycles. The lowest BCUT2D eigenvalue weighted by Gasteiger charge is -2.18. The average Bonchev–Trinajstić information content (AvgIpc) is 3.07. The molecule has 0 radical (unpaired) electrons. The maximum atomic E-state index is 12.4. The first-order valence-corrected chi connectivity index (χ1v) is 9.74. The summed E-state index contributed by atoms with van der Waals surface area (Å²) >= 11 is 0. The van der Waals surface area contributed by atoms with Crippen molar-refractivity contribution in [2.45, 2.75) is 24.8 Å². The number of hydrogen-bond donors (Lipinski definition) is 2. The molecule has 2 aromatic rings. The Balaban J connectivity index is 0.00000320. The molecule has 1 amide bonds. The Morgan fingerprint density at radius 3 is 2.23 bits per heavy atom. The SMILES string of the molecule is C=CCOC(=O)[C@@H](CCCN)NC(=O)OCC1c2ccccc2-c2ccccc21.Cl. The number of halogens is 1. The number of nitrogens with one attached hydrogen (secondary N) is 1. The summed E-state index contributed by atoms with van der Waals surface area (Å²) in [5.41, 5.74) is 10.1. The van der Waals surface area contributed by atoms with Crippen LogP contribution in [0.1, 0.15) is 29.9 Å². The van der Waals surface area contributed by atoms with Crippen LogP contribution >= 0.6 is 12.4 Å². The topological polar surface area (TPSA) is 90.6 Å². The molecule has 6 nitrogen and oxygen atoms in total. The predicted octanol–water partition coefficient (Wildman–Crippen LogP) is 3.78. The van der Waals surface area contributed by atoms with E-state index in [2.05, 4.69) is 36.2 Å². The van der Waals surface area contributed by atoms with E-state index in [-0.39, 0.29) is 31.5 Å². The fourth-order valence-electron chi connectivity index (χ4n) is 3.59. The van der Waals surface area contributed by atoms with Crippen molar-refractivity contribution < 1.29 is 19.1 Å². The molecule has 0 heterocycles. The third kappa shape index (κ3) is 5.40. The second-order valence-corrected chi connectivity index (χ2v) is 6.87. The zero-order valence-corrected chi connectivity index (χ0v) is 17.5. The first-order valence-electron chi connectivity index (χ1n) is 9.74. The Morgan fingerprint density at radius 2 is 1.67 bits per heavy atom. The molecule has 3 rings (SSSR count). The van der Waals surface area contributed by atoms with Crippen LogP contribution in [0.15, 0.2) is 61.2 Å². The molecule has 0 spiro atoms. The first kappa shape index (κ1) is 23.4. The van der Waals surface area contributed by atoms with Crippen LogP contribution in [0.4, 0.5) is 4.79 Å². The number of nitrogens with two attached hydrogens (primary N) is 1. The highest BCUT2D eigenvalue weighted by molar-refractivity contribution is 5.85. The Labute approximate surface area is 182 Å². The van der Waals surface area contributed by atoms with E-state index >= 15 is 0 Å². The molecule has 1 aliphatic rings. The minimum Gasteiger partial charge on any atom is -0.460 e. The zero-order valence-electron chi connectivity index (χ0n) is 16.7. The summed E-state index contributed by atoms with van der Waals surface area (Å²) in [5.74, 6) is -0.560. The Kier molecular flexibility index (Phi) is 8.89. The highest BCUT2D eigenvalue weighted by atomic mass is 35.5. The monoisotopic (exact) mass is 430 g/mol. The van der Waals surface area contributed by atoms with E-state index in [0.29, 0.717) is 19.4 Å². The van der Waals surface area contributed by atoms with Crippen molar-refractivity contribution in [3.05, 3.63) is 72.3 Å². The van der Waals surface area contributed by atoms with Gasteiger partial charge in [0.15, 0.2) is 0 Å². The van der Waals surface area contributed by atoms with E-state index < -0.39 is 18.1 Å². The summed E-state index contributed by atoms with van der Waals surface area (Å²) in [5, 5.41) is 2.61. The zero-order chi connectivity index (χ0) is 20.6. The van der Waals surface area contributed by atoms with Crippen LogP contribution < -0.4 is 11.1 Å². The molecule has 0 unspecified atom stereocenters. The third-order valence-electron chi connectivity index (χ3n) is 4.96. The molecule has 0 bridgehead atoms. The second-order valence-electron chi connectivity index (χ2n) is 6.87. The van der Waals surface area contributed by atoms with E-state index in [9.17, 15) is 9.59 Å². The molecule has 7 heteroatoms. The number of fused-ring (bicyclic) bond motifs is 3. The summed E-state index contributed by atoms with van der Waals surface area (Å²) in [6.07, 6.45) is 1.80. The van der Waals surface area contributed by atoms with Crippen LogP contribution in [0.3, 0.4) is 0 Å². The number of carbonyl (C=O) groups excluding carboxylic acids is 2. The summed E-state index contributed by atoms with van der Waals surface area (Å²) in [7, 11) is 0. The minimum absolute atomic E-state index is 0. The van der Waals surface area contributed by atoms with Crippen molar-refractivity contribution in [3.63, 3.8) is 0 Å². The smallest absolute Gasteiger partial charge is 0.407 e. The van der Waals surface area contributed by atoms with Gasteiger partial charge in [0.05, 0.1) is 0 Å². The van der Waals surface area contributed by atoms with Gasteiger partial charge < -0.3 is 20.5 Å². The summed E-state index contributed by atoms with van der Waals surface area (Å²) in [6.45, 7) is 4.20.